The van der Waals surface area contributed by atoms with Gasteiger partial charge in [0, 0.05) is 42.5 Å². The second-order valence-corrected chi connectivity index (χ2v) is 10.6. The van der Waals surface area contributed by atoms with Gasteiger partial charge in [-0.3, -0.25) is 4.79 Å². The van der Waals surface area contributed by atoms with Gasteiger partial charge in [-0.05, 0) is 81.1 Å². The lowest BCUT2D eigenvalue weighted by Gasteiger charge is -2.33. The van der Waals surface area contributed by atoms with Gasteiger partial charge in [-0.25, -0.2) is 19.2 Å². The molecule has 1 aliphatic rings. The van der Waals surface area contributed by atoms with E-state index in [-0.39, 0.29) is 34.5 Å². The minimum atomic E-state index is -4.41. The smallest absolute Gasteiger partial charge is 0.417 e. The van der Waals surface area contributed by atoms with E-state index in [1.54, 1.807) is 30.3 Å². The standard InChI is InChI=1S/C30H27F4N5O2/c1-29(2,31)23-14-22(35-3)15-24-26(23)41-28(38-24)20-6-4-19(5-7-20)27(40)37-16-18-10-12-39(13-11-18)25-9-8-21(17-36-25)30(32,33)34/h4-9,14-15,17-18H,10-13,16H2,1-2H3,(H,37,40). The van der Waals surface area contributed by atoms with Crippen LogP contribution in [0, 0.1) is 12.5 Å². The van der Waals surface area contributed by atoms with Crippen molar-refractivity contribution in [1.29, 1.82) is 0 Å². The van der Waals surface area contributed by atoms with Gasteiger partial charge in [-0.15, -0.1) is 0 Å². The summed E-state index contributed by atoms with van der Waals surface area (Å²) in [5, 5.41) is 2.96. The molecule has 0 atom stereocenters. The third-order valence-corrected chi connectivity index (χ3v) is 7.20. The van der Waals surface area contributed by atoms with Gasteiger partial charge in [0.2, 0.25) is 5.89 Å². The summed E-state index contributed by atoms with van der Waals surface area (Å²) in [5.41, 5.74) is -0.257. The number of carbonyl (C=O) groups is 1. The Morgan fingerprint density at radius 3 is 2.39 bits per heavy atom. The second-order valence-electron chi connectivity index (χ2n) is 10.6. The highest BCUT2D eigenvalue weighted by Crippen LogP contribution is 2.37. The zero-order valence-electron chi connectivity index (χ0n) is 22.4. The molecule has 0 bridgehead atoms. The van der Waals surface area contributed by atoms with Crippen molar-refractivity contribution >= 4 is 28.5 Å². The van der Waals surface area contributed by atoms with E-state index in [4.69, 9.17) is 11.0 Å². The van der Waals surface area contributed by atoms with Crippen LogP contribution < -0.4 is 10.2 Å². The average molecular weight is 566 g/mol. The minimum Gasteiger partial charge on any atom is -0.436 e. The number of pyridine rings is 1. The largest absolute Gasteiger partial charge is 0.436 e. The fraction of sp³-hybridized carbons (Fsp3) is 0.333. The van der Waals surface area contributed by atoms with Crippen LogP contribution in [0.25, 0.3) is 27.4 Å². The molecule has 11 heteroatoms. The Labute approximate surface area is 234 Å². The first-order valence-corrected chi connectivity index (χ1v) is 13.1. The first-order chi connectivity index (χ1) is 19.4. The number of piperidine rings is 1. The minimum absolute atomic E-state index is 0.232. The SMILES string of the molecule is [C-]#[N+]c1cc(C(C)(C)F)c2oc(-c3ccc(C(=O)NCC4CCN(c5ccc(C(F)(F)F)cn5)CC4)cc3)nc2c1. The van der Waals surface area contributed by atoms with Crippen molar-refractivity contribution in [2.45, 2.75) is 38.5 Å². The highest BCUT2D eigenvalue weighted by Gasteiger charge is 2.31. The molecule has 0 saturated carbocycles. The molecule has 1 saturated heterocycles. The number of fused-ring (bicyclic) bond motifs is 1. The Kier molecular flexibility index (Phi) is 7.43. The normalized spacial score (nSPS) is 14.7. The zero-order valence-corrected chi connectivity index (χ0v) is 22.4. The van der Waals surface area contributed by atoms with Crippen molar-refractivity contribution in [2.24, 2.45) is 5.92 Å². The van der Waals surface area contributed by atoms with Gasteiger partial charge in [0.1, 0.15) is 11.5 Å². The topological polar surface area (TPSA) is 75.6 Å². The van der Waals surface area contributed by atoms with Crippen LogP contribution in [0.1, 0.15) is 48.2 Å². The van der Waals surface area contributed by atoms with Crippen LogP contribution in [-0.4, -0.2) is 35.5 Å². The maximum Gasteiger partial charge on any atom is 0.417 e. The lowest BCUT2D eigenvalue weighted by molar-refractivity contribution is -0.137. The highest BCUT2D eigenvalue weighted by molar-refractivity contribution is 5.94. The zero-order chi connectivity index (χ0) is 29.4. The molecule has 4 aromatic rings. The first kappa shape index (κ1) is 28.1. The van der Waals surface area contributed by atoms with E-state index in [1.165, 1.54) is 26.0 Å². The maximum absolute atomic E-state index is 14.8. The van der Waals surface area contributed by atoms with Crippen molar-refractivity contribution in [3.63, 3.8) is 0 Å². The molecular weight excluding hydrogens is 538 g/mol. The molecule has 2 aromatic heterocycles. The number of rotatable bonds is 6. The second kappa shape index (κ2) is 10.8. The van der Waals surface area contributed by atoms with E-state index >= 15 is 0 Å². The third kappa shape index (κ3) is 6.16. The molecule has 0 spiro atoms. The Morgan fingerprint density at radius 1 is 1.10 bits per heavy atom. The number of benzene rings is 2. The van der Waals surface area contributed by atoms with E-state index < -0.39 is 17.4 Å². The number of nitrogens with zero attached hydrogens (tertiary/aromatic N) is 4. The fourth-order valence-corrected chi connectivity index (χ4v) is 4.86. The molecule has 1 aliphatic heterocycles. The van der Waals surface area contributed by atoms with Gasteiger partial charge in [-0.1, -0.05) is 0 Å². The van der Waals surface area contributed by atoms with Crippen molar-refractivity contribution in [2.75, 3.05) is 24.5 Å². The number of halogens is 4. The summed E-state index contributed by atoms with van der Waals surface area (Å²) in [6.45, 7) is 11.8. The lowest BCUT2D eigenvalue weighted by Crippen LogP contribution is -2.39. The Hall–Kier alpha value is -4.46. The summed E-state index contributed by atoms with van der Waals surface area (Å²) in [6.07, 6.45) is -2.02. The number of hydrogen-bond donors (Lipinski definition) is 1. The number of carbonyl (C=O) groups excluding carboxylic acids is 1. The molecule has 1 N–H and O–H groups in total. The fourth-order valence-electron chi connectivity index (χ4n) is 4.86. The van der Waals surface area contributed by atoms with Crippen LogP contribution in [0.3, 0.4) is 0 Å². The molecule has 1 fully saturated rings. The third-order valence-electron chi connectivity index (χ3n) is 7.20. The van der Waals surface area contributed by atoms with Crippen LogP contribution in [0.4, 0.5) is 29.1 Å². The molecule has 3 heterocycles. The van der Waals surface area contributed by atoms with Crippen molar-refractivity contribution in [3.05, 3.63) is 82.8 Å². The molecule has 0 unspecified atom stereocenters. The molecule has 5 rings (SSSR count). The van der Waals surface area contributed by atoms with E-state index in [9.17, 15) is 22.4 Å². The van der Waals surface area contributed by atoms with Gasteiger partial charge in [-0.2, -0.15) is 13.2 Å². The Morgan fingerprint density at radius 2 is 1.80 bits per heavy atom. The van der Waals surface area contributed by atoms with Gasteiger partial charge >= 0.3 is 6.18 Å². The van der Waals surface area contributed by atoms with E-state index in [1.807, 2.05) is 4.90 Å². The first-order valence-electron chi connectivity index (χ1n) is 13.1. The van der Waals surface area contributed by atoms with Gasteiger partial charge in [0.25, 0.3) is 5.91 Å². The number of amides is 1. The summed E-state index contributed by atoms with van der Waals surface area (Å²) in [5.74, 6) is 0.770. The maximum atomic E-state index is 14.8. The number of anilines is 1. The number of alkyl halides is 4. The summed E-state index contributed by atoms with van der Waals surface area (Å²) >= 11 is 0. The summed E-state index contributed by atoms with van der Waals surface area (Å²) in [4.78, 5) is 26.5. The van der Waals surface area contributed by atoms with Crippen LogP contribution >= 0.6 is 0 Å². The average Bonchev–Trinajstić information content (AvgIpc) is 3.39. The molecule has 0 aliphatic carbocycles. The van der Waals surface area contributed by atoms with Crippen molar-refractivity contribution in [3.8, 4) is 11.5 Å². The van der Waals surface area contributed by atoms with E-state index in [0.717, 1.165) is 25.1 Å². The lowest BCUT2D eigenvalue weighted by atomic mass is 9.96. The Bertz CT molecular complexity index is 1590. The molecular formula is C30H27F4N5O2. The van der Waals surface area contributed by atoms with Crippen LogP contribution in [0.5, 0.6) is 0 Å². The van der Waals surface area contributed by atoms with Crippen molar-refractivity contribution in [1.82, 2.24) is 15.3 Å². The number of aromatic nitrogens is 2. The van der Waals surface area contributed by atoms with Crippen LogP contribution in [-0.2, 0) is 11.8 Å². The van der Waals surface area contributed by atoms with E-state index in [0.29, 0.717) is 42.1 Å². The molecule has 1 amide bonds. The number of oxazole rings is 1. The highest BCUT2D eigenvalue weighted by atomic mass is 19.4. The summed E-state index contributed by atoms with van der Waals surface area (Å²) in [7, 11) is 0. The monoisotopic (exact) mass is 565 g/mol. The molecule has 7 nitrogen and oxygen atoms in total. The Balaban J connectivity index is 1.18. The van der Waals surface area contributed by atoms with Gasteiger partial charge in [0.15, 0.2) is 11.3 Å². The predicted octanol–water partition coefficient (Wildman–Crippen LogP) is 7.31. The summed E-state index contributed by atoms with van der Waals surface area (Å²) in [6, 6.07) is 12.2. The van der Waals surface area contributed by atoms with E-state index in [2.05, 4.69) is 20.1 Å². The van der Waals surface area contributed by atoms with Crippen LogP contribution in [0.15, 0.2) is 59.1 Å². The van der Waals surface area contributed by atoms with Crippen LogP contribution in [0.2, 0.25) is 0 Å². The molecule has 41 heavy (non-hydrogen) atoms. The predicted molar refractivity (Wildman–Crippen MR) is 146 cm³/mol. The van der Waals surface area contributed by atoms with Crippen molar-refractivity contribution < 1.29 is 26.8 Å². The number of hydrogen-bond acceptors (Lipinski definition) is 5. The summed E-state index contributed by atoms with van der Waals surface area (Å²) < 4.78 is 59.0. The molecule has 2 aromatic carbocycles. The van der Waals surface area contributed by atoms with Gasteiger partial charge in [0.05, 0.1) is 17.7 Å². The quantitative estimate of drug-likeness (QED) is 0.196. The van der Waals surface area contributed by atoms with Gasteiger partial charge < -0.3 is 14.6 Å². The number of nitrogens with one attached hydrogen (secondary N) is 1. The molecule has 0 radical (unpaired) electrons. The molecule has 212 valence electrons.